The summed E-state index contributed by atoms with van der Waals surface area (Å²) >= 11 is 0. The van der Waals surface area contributed by atoms with Gasteiger partial charge in [0.15, 0.2) is 0 Å². The first-order chi connectivity index (χ1) is 9.75. The van der Waals surface area contributed by atoms with Gasteiger partial charge in [0.2, 0.25) is 5.95 Å². The smallest absolute Gasteiger partial charge is 0.307 e. The number of anilines is 2. The summed E-state index contributed by atoms with van der Waals surface area (Å²) in [6.45, 7) is 9.97. The monoisotopic (exact) mass is 287 g/mol. The maximum absolute atomic E-state index is 12.0. The van der Waals surface area contributed by atoms with Gasteiger partial charge in [-0.25, -0.2) is 14.5 Å². The maximum atomic E-state index is 12.0. The van der Waals surface area contributed by atoms with Gasteiger partial charge < -0.3 is 5.32 Å². The largest absolute Gasteiger partial charge is 0.326 e. The van der Waals surface area contributed by atoms with E-state index in [0.29, 0.717) is 0 Å². The first-order valence-corrected chi connectivity index (χ1v) is 6.83. The molecule has 0 aliphatic carbocycles. The molecule has 0 bridgehead atoms. The highest BCUT2D eigenvalue weighted by Crippen LogP contribution is 2.17. The van der Waals surface area contributed by atoms with Crippen LogP contribution in [0, 0.1) is 13.8 Å². The molecule has 0 saturated heterocycles. The van der Waals surface area contributed by atoms with E-state index in [-0.39, 0.29) is 17.5 Å². The number of carbonyl (C=O) groups is 1. The van der Waals surface area contributed by atoms with Crippen LogP contribution in [0.2, 0.25) is 0 Å². The first-order valence-electron chi connectivity index (χ1n) is 6.83. The predicted molar refractivity (Wildman–Crippen MR) is 83.6 cm³/mol. The van der Waals surface area contributed by atoms with Gasteiger partial charge in [-0.15, -0.1) is 5.10 Å². The molecule has 112 valence electrons. The minimum Gasteiger partial charge on any atom is -0.307 e. The summed E-state index contributed by atoms with van der Waals surface area (Å²) in [4.78, 5) is 16.1. The lowest BCUT2D eigenvalue weighted by atomic mass is 10.1. The summed E-state index contributed by atoms with van der Waals surface area (Å²) in [5.74, 6) is 0.285. The van der Waals surface area contributed by atoms with Crippen LogP contribution >= 0.6 is 0 Å². The zero-order valence-electron chi connectivity index (χ0n) is 13.1. The third-order valence-corrected chi connectivity index (χ3v) is 3.05. The van der Waals surface area contributed by atoms with Gasteiger partial charge in [-0.3, -0.25) is 5.32 Å². The fourth-order valence-electron chi connectivity index (χ4n) is 1.77. The van der Waals surface area contributed by atoms with Crippen LogP contribution in [-0.2, 0) is 5.54 Å². The van der Waals surface area contributed by atoms with Crippen molar-refractivity contribution in [2.45, 2.75) is 40.2 Å². The molecule has 2 N–H and O–H groups in total. The van der Waals surface area contributed by atoms with E-state index in [4.69, 9.17) is 0 Å². The third-order valence-electron chi connectivity index (χ3n) is 3.05. The van der Waals surface area contributed by atoms with Crippen molar-refractivity contribution in [3.8, 4) is 0 Å². The van der Waals surface area contributed by atoms with Gasteiger partial charge in [0.25, 0.3) is 0 Å². The number of hydrogen-bond acceptors (Lipinski definition) is 3. The van der Waals surface area contributed by atoms with E-state index in [2.05, 4.69) is 20.7 Å². The fraction of sp³-hybridized carbons (Fsp3) is 0.400. The molecular weight excluding hydrogens is 266 g/mol. The minimum atomic E-state index is -0.352. The average molecular weight is 287 g/mol. The van der Waals surface area contributed by atoms with Gasteiger partial charge in [0.05, 0.1) is 5.54 Å². The van der Waals surface area contributed by atoms with Gasteiger partial charge in [0.1, 0.15) is 6.33 Å². The average Bonchev–Trinajstić information content (AvgIpc) is 2.82. The van der Waals surface area contributed by atoms with Crippen LogP contribution in [0.5, 0.6) is 0 Å². The lowest BCUT2D eigenvalue weighted by Gasteiger charge is -2.17. The molecule has 2 aromatic rings. The van der Waals surface area contributed by atoms with Gasteiger partial charge in [-0.1, -0.05) is 12.1 Å². The standard InChI is InChI=1S/C15H21N5O/c1-10-6-7-11(2)12(8-10)17-14(21)18-13-16-9-20(19-13)15(3,4)5/h6-9H,1-5H3,(H2,17,18,19,21). The number of benzene rings is 1. The van der Waals surface area contributed by atoms with Gasteiger partial charge in [0, 0.05) is 5.69 Å². The Kier molecular flexibility index (Phi) is 3.97. The number of nitrogens with one attached hydrogen (secondary N) is 2. The van der Waals surface area contributed by atoms with E-state index in [1.165, 1.54) is 0 Å². The van der Waals surface area contributed by atoms with Crippen molar-refractivity contribution in [1.29, 1.82) is 0 Å². The number of aromatic nitrogens is 3. The fourth-order valence-corrected chi connectivity index (χ4v) is 1.77. The predicted octanol–water partition coefficient (Wildman–Crippen LogP) is 3.29. The Labute approximate surface area is 124 Å². The number of aryl methyl sites for hydroxylation is 2. The van der Waals surface area contributed by atoms with Crippen LogP contribution in [0.1, 0.15) is 31.9 Å². The van der Waals surface area contributed by atoms with Crippen molar-refractivity contribution in [2.75, 3.05) is 10.6 Å². The zero-order chi connectivity index (χ0) is 15.6. The number of rotatable bonds is 2. The van der Waals surface area contributed by atoms with Crippen LogP contribution in [-0.4, -0.2) is 20.8 Å². The highest BCUT2D eigenvalue weighted by molar-refractivity contribution is 5.99. The summed E-state index contributed by atoms with van der Waals surface area (Å²) in [5, 5.41) is 9.68. The molecule has 21 heavy (non-hydrogen) atoms. The number of carbonyl (C=O) groups excluding carboxylic acids is 1. The topological polar surface area (TPSA) is 71.8 Å². The molecule has 0 atom stereocenters. The number of urea groups is 1. The molecule has 0 fully saturated rings. The van der Waals surface area contributed by atoms with Crippen LogP contribution in [0.15, 0.2) is 24.5 Å². The second-order valence-electron chi connectivity index (χ2n) is 6.08. The Morgan fingerprint density at radius 1 is 1.19 bits per heavy atom. The molecule has 0 aliphatic rings. The number of amides is 2. The highest BCUT2D eigenvalue weighted by atomic mass is 16.2. The van der Waals surface area contributed by atoms with E-state index < -0.39 is 0 Å². The van der Waals surface area contributed by atoms with E-state index in [9.17, 15) is 4.79 Å². The first kappa shape index (κ1) is 15.0. The van der Waals surface area contributed by atoms with Crippen molar-refractivity contribution >= 4 is 17.7 Å². The second kappa shape index (κ2) is 5.55. The molecule has 0 saturated carbocycles. The lowest BCUT2D eigenvalue weighted by Crippen LogP contribution is -2.24. The molecule has 0 radical (unpaired) electrons. The Morgan fingerprint density at radius 3 is 2.52 bits per heavy atom. The minimum absolute atomic E-state index is 0.170. The highest BCUT2D eigenvalue weighted by Gasteiger charge is 2.16. The van der Waals surface area contributed by atoms with Crippen LogP contribution in [0.25, 0.3) is 0 Å². The lowest BCUT2D eigenvalue weighted by molar-refractivity contribution is 0.262. The molecule has 6 heteroatoms. The van der Waals surface area contributed by atoms with Crippen molar-refractivity contribution in [2.24, 2.45) is 0 Å². The van der Waals surface area contributed by atoms with E-state index >= 15 is 0 Å². The summed E-state index contributed by atoms with van der Waals surface area (Å²) in [5.41, 5.74) is 2.70. The number of hydrogen-bond donors (Lipinski definition) is 2. The molecule has 6 nitrogen and oxygen atoms in total. The second-order valence-corrected chi connectivity index (χ2v) is 6.08. The van der Waals surface area contributed by atoms with Crippen molar-refractivity contribution < 1.29 is 4.79 Å². The molecular formula is C15H21N5O. The van der Waals surface area contributed by atoms with Gasteiger partial charge in [-0.2, -0.15) is 0 Å². The van der Waals surface area contributed by atoms with Crippen LogP contribution in [0.4, 0.5) is 16.4 Å². The van der Waals surface area contributed by atoms with Crippen molar-refractivity contribution in [3.05, 3.63) is 35.7 Å². The van der Waals surface area contributed by atoms with E-state index in [1.54, 1.807) is 11.0 Å². The van der Waals surface area contributed by atoms with Crippen LogP contribution in [0.3, 0.4) is 0 Å². The normalized spacial score (nSPS) is 11.3. The number of nitrogens with zero attached hydrogens (tertiary/aromatic N) is 3. The van der Waals surface area contributed by atoms with Crippen molar-refractivity contribution in [3.63, 3.8) is 0 Å². The molecule has 0 spiro atoms. The Bertz CT molecular complexity index is 654. The molecule has 1 aromatic carbocycles. The van der Waals surface area contributed by atoms with E-state index in [1.807, 2.05) is 52.8 Å². The molecule has 1 aromatic heterocycles. The van der Waals surface area contributed by atoms with Crippen LogP contribution < -0.4 is 10.6 Å². The summed E-state index contributed by atoms with van der Waals surface area (Å²) < 4.78 is 1.71. The molecule has 2 rings (SSSR count). The Balaban J connectivity index is 2.05. The molecule has 2 amide bonds. The maximum Gasteiger partial charge on any atom is 0.326 e. The van der Waals surface area contributed by atoms with Gasteiger partial charge in [-0.05, 0) is 51.8 Å². The Hall–Kier alpha value is -2.37. The zero-order valence-corrected chi connectivity index (χ0v) is 13.1. The van der Waals surface area contributed by atoms with Gasteiger partial charge >= 0.3 is 6.03 Å². The van der Waals surface area contributed by atoms with E-state index in [0.717, 1.165) is 16.8 Å². The molecule has 0 aliphatic heterocycles. The summed E-state index contributed by atoms with van der Waals surface area (Å²) in [6, 6.07) is 5.55. The summed E-state index contributed by atoms with van der Waals surface area (Å²) in [7, 11) is 0. The molecule has 1 heterocycles. The Morgan fingerprint density at radius 2 is 1.90 bits per heavy atom. The SMILES string of the molecule is Cc1ccc(C)c(NC(=O)Nc2ncn(C(C)(C)C)n2)c1. The molecule has 0 unspecified atom stereocenters. The third kappa shape index (κ3) is 3.81. The quantitative estimate of drug-likeness (QED) is 0.890. The summed E-state index contributed by atoms with van der Waals surface area (Å²) in [6.07, 6.45) is 1.60. The van der Waals surface area contributed by atoms with Crippen molar-refractivity contribution in [1.82, 2.24) is 14.8 Å².